The molecule has 1 aromatic heterocycles. The van der Waals surface area contributed by atoms with Crippen molar-refractivity contribution < 1.29 is 0 Å². The Bertz CT molecular complexity index is 2390. The number of anilines is 2. The van der Waals surface area contributed by atoms with Crippen LogP contribution in [0.15, 0.2) is 164 Å². The zero-order chi connectivity index (χ0) is 32.5. The monoisotopic (exact) mass is 617 g/mol. The Kier molecular flexibility index (Phi) is 7.64. The van der Waals surface area contributed by atoms with Crippen LogP contribution >= 0.6 is 0 Å². The SMILES string of the molecule is CNc1ccc(NC)c(-c2ccc(-c3cc(-c4ccc(-c5cc6ccccc6c6ccccc56)cc4)cc(-c4ccccc4)n3)cc2)c1. The number of fused-ring (bicyclic) bond motifs is 3. The fraction of sp³-hybridized carbons (Fsp3) is 0.0444. The molecule has 8 rings (SSSR count). The molecule has 0 spiro atoms. The Hall–Kier alpha value is -6.19. The molecule has 48 heavy (non-hydrogen) atoms. The van der Waals surface area contributed by atoms with Crippen LogP contribution in [-0.2, 0) is 0 Å². The molecule has 0 aliphatic carbocycles. The Labute approximate surface area is 281 Å². The van der Waals surface area contributed by atoms with E-state index in [-0.39, 0.29) is 0 Å². The average Bonchev–Trinajstić information content (AvgIpc) is 3.17. The number of aromatic nitrogens is 1. The Morgan fingerprint density at radius 1 is 0.375 bits per heavy atom. The van der Waals surface area contributed by atoms with Gasteiger partial charge in [-0.1, -0.05) is 127 Å². The molecule has 7 aromatic carbocycles. The second kappa shape index (κ2) is 12.5. The van der Waals surface area contributed by atoms with Gasteiger partial charge in [-0.3, -0.25) is 0 Å². The highest BCUT2D eigenvalue weighted by Crippen LogP contribution is 2.37. The number of nitrogens with zero attached hydrogens (tertiary/aromatic N) is 1. The summed E-state index contributed by atoms with van der Waals surface area (Å²) in [6, 6.07) is 58.6. The minimum Gasteiger partial charge on any atom is -0.388 e. The predicted octanol–water partition coefficient (Wildman–Crippen LogP) is 11.8. The van der Waals surface area contributed by atoms with E-state index in [9.17, 15) is 0 Å². The molecular formula is C45H35N3. The maximum atomic E-state index is 5.17. The molecule has 2 N–H and O–H groups in total. The van der Waals surface area contributed by atoms with Gasteiger partial charge in [0.05, 0.1) is 11.4 Å². The van der Waals surface area contributed by atoms with Crippen LogP contribution < -0.4 is 10.6 Å². The smallest absolute Gasteiger partial charge is 0.0715 e. The number of benzene rings is 7. The molecular weight excluding hydrogens is 583 g/mol. The highest BCUT2D eigenvalue weighted by atomic mass is 14.8. The molecule has 1 heterocycles. The number of hydrogen-bond donors (Lipinski definition) is 2. The van der Waals surface area contributed by atoms with Crippen LogP contribution in [0.1, 0.15) is 0 Å². The summed E-state index contributed by atoms with van der Waals surface area (Å²) in [5.74, 6) is 0. The summed E-state index contributed by atoms with van der Waals surface area (Å²) in [5, 5.41) is 11.7. The third-order valence-corrected chi connectivity index (χ3v) is 9.26. The van der Waals surface area contributed by atoms with E-state index in [1.54, 1.807) is 0 Å². The molecule has 0 bridgehead atoms. The summed E-state index contributed by atoms with van der Waals surface area (Å²) in [7, 11) is 3.91. The summed E-state index contributed by atoms with van der Waals surface area (Å²) in [6.45, 7) is 0. The molecule has 3 heteroatoms. The van der Waals surface area contributed by atoms with Gasteiger partial charge in [0.15, 0.2) is 0 Å². The molecule has 3 nitrogen and oxygen atoms in total. The van der Waals surface area contributed by atoms with Crippen molar-refractivity contribution in [1.29, 1.82) is 0 Å². The lowest BCUT2D eigenvalue weighted by Crippen LogP contribution is -1.95. The van der Waals surface area contributed by atoms with Crippen molar-refractivity contribution in [2.45, 2.75) is 0 Å². The van der Waals surface area contributed by atoms with E-state index in [4.69, 9.17) is 4.98 Å². The minimum atomic E-state index is 0.945. The summed E-state index contributed by atoms with van der Waals surface area (Å²) in [6.07, 6.45) is 0. The molecule has 0 radical (unpaired) electrons. The maximum absolute atomic E-state index is 5.17. The summed E-state index contributed by atoms with van der Waals surface area (Å²) < 4.78 is 0. The molecule has 0 aliphatic rings. The van der Waals surface area contributed by atoms with E-state index in [0.29, 0.717) is 0 Å². The first-order valence-corrected chi connectivity index (χ1v) is 16.4. The van der Waals surface area contributed by atoms with Gasteiger partial charge in [0.2, 0.25) is 0 Å². The number of rotatable bonds is 7. The molecule has 0 saturated carbocycles. The maximum Gasteiger partial charge on any atom is 0.0715 e. The second-order valence-electron chi connectivity index (χ2n) is 12.1. The zero-order valence-electron chi connectivity index (χ0n) is 27.0. The molecule has 0 saturated heterocycles. The van der Waals surface area contributed by atoms with Crippen molar-refractivity contribution in [3.05, 3.63) is 164 Å². The molecule has 8 aromatic rings. The van der Waals surface area contributed by atoms with Crippen molar-refractivity contribution in [3.8, 4) is 55.9 Å². The van der Waals surface area contributed by atoms with Crippen molar-refractivity contribution in [2.75, 3.05) is 24.7 Å². The molecule has 0 aliphatic heterocycles. The lowest BCUT2D eigenvalue weighted by Gasteiger charge is -2.14. The van der Waals surface area contributed by atoms with Gasteiger partial charge in [-0.25, -0.2) is 4.98 Å². The molecule has 0 unspecified atom stereocenters. The third kappa shape index (κ3) is 5.46. The van der Waals surface area contributed by atoms with E-state index >= 15 is 0 Å². The Morgan fingerprint density at radius 3 is 1.62 bits per heavy atom. The van der Waals surface area contributed by atoms with E-state index in [0.717, 1.165) is 56.1 Å². The molecule has 0 atom stereocenters. The normalized spacial score (nSPS) is 11.1. The van der Waals surface area contributed by atoms with E-state index in [2.05, 4.69) is 168 Å². The number of nitrogens with one attached hydrogen (secondary N) is 2. The Morgan fingerprint density at radius 2 is 0.938 bits per heavy atom. The van der Waals surface area contributed by atoms with E-state index in [1.807, 2.05) is 20.2 Å². The predicted molar refractivity (Wildman–Crippen MR) is 206 cm³/mol. The van der Waals surface area contributed by atoms with Crippen molar-refractivity contribution >= 4 is 32.9 Å². The topological polar surface area (TPSA) is 37.0 Å². The summed E-state index contributed by atoms with van der Waals surface area (Å²) in [4.78, 5) is 5.17. The number of pyridine rings is 1. The fourth-order valence-corrected chi connectivity index (χ4v) is 6.71. The first-order valence-electron chi connectivity index (χ1n) is 16.4. The third-order valence-electron chi connectivity index (χ3n) is 9.26. The van der Waals surface area contributed by atoms with Gasteiger partial charge < -0.3 is 10.6 Å². The van der Waals surface area contributed by atoms with Crippen LogP contribution in [0.2, 0.25) is 0 Å². The van der Waals surface area contributed by atoms with Crippen LogP contribution in [0.25, 0.3) is 77.4 Å². The van der Waals surface area contributed by atoms with Gasteiger partial charge in [-0.05, 0) is 85.8 Å². The molecule has 0 fully saturated rings. The molecule has 230 valence electrons. The van der Waals surface area contributed by atoms with E-state index < -0.39 is 0 Å². The first kappa shape index (κ1) is 29.2. The number of hydrogen-bond acceptors (Lipinski definition) is 3. The van der Waals surface area contributed by atoms with Crippen LogP contribution in [-0.4, -0.2) is 19.1 Å². The van der Waals surface area contributed by atoms with Crippen LogP contribution in [0.4, 0.5) is 11.4 Å². The van der Waals surface area contributed by atoms with Gasteiger partial charge in [0, 0.05) is 42.2 Å². The second-order valence-corrected chi connectivity index (χ2v) is 12.1. The van der Waals surface area contributed by atoms with Crippen molar-refractivity contribution in [3.63, 3.8) is 0 Å². The van der Waals surface area contributed by atoms with Gasteiger partial charge >= 0.3 is 0 Å². The Balaban J connectivity index is 1.20. The van der Waals surface area contributed by atoms with Gasteiger partial charge in [-0.2, -0.15) is 0 Å². The lowest BCUT2D eigenvalue weighted by atomic mass is 9.92. The van der Waals surface area contributed by atoms with Crippen LogP contribution in [0, 0.1) is 0 Å². The highest BCUT2D eigenvalue weighted by molar-refractivity contribution is 6.13. The van der Waals surface area contributed by atoms with E-state index in [1.165, 1.54) is 32.7 Å². The van der Waals surface area contributed by atoms with Crippen LogP contribution in [0.5, 0.6) is 0 Å². The zero-order valence-corrected chi connectivity index (χ0v) is 27.0. The molecule has 0 amide bonds. The fourth-order valence-electron chi connectivity index (χ4n) is 6.71. The average molecular weight is 618 g/mol. The lowest BCUT2D eigenvalue weighted by molar-refractivity contribution is 1.32. The summed E-state index contributed by atoms with van der Waals surface area (Å²) in [5.41, 5.74) is 13.3. The first-order chi connectivity index (χ1) is 23.7. The van der Waals surface area contributed by atoms with Crippen molar-refractivity contribution in [1.82, 2.24) is 4.98 Å². The van der Waals surface area contributed by atoms with Crippen molar-refractivity contribution in [2.24, 2.45) is 0 Å². The van der Waals surface area contributed by atoms with Gasteiger partial charge in [0.1, 0.15) is 0 Å². The van der Waals surface area contributed by atoms with Gasteiger partial charge in [-0.15, -0.1) is 0 Å². The quantitative estimate of drug-likeness (QED) is 0.175. The summed E-state index contributed by atoms with van der Waals surface area (Å²) >= 11 is 0. The largest absolute Gasteiger partial charge is 0.388 e. The standard InChI is InChI=1S/C45H35N3/c1-46-37-24-25-43(47-2)42(29-37)32-20-22-34(23-21-32)45-28-36(27-44(48-45)33-10-4-3-5-11-33)30-16-18-31(19-17-30)41-26-35-12-6-7-13-38(35)39-14-8-9-15-40(39)41/h3-29,46-47H,1-2H3. The highest BCUT2D eigenvalue weighted by Gasteiger charge is 2.13. The van der Waals surface area contributed by atoms with Crippen LogP contribution in [0.3, 0.4) is 0 Å². The van der Waals surface area contributed by atoms with Gasteiger partial charge in [0.25, 0.3) is 0 Å². The minimum absolute atomic E-state index is 0.945.